The van der Waals surface area contributed by atoms with Crippen molar-refractivity contribution < 1.29 is 13.2 Å². The van der Waals surface area contributed by atoms with Gasteiger partial charge in [0.15, 0.2) is 0 Å². The molecule has 134 valence electrons. The fourth-order valence-corrected chi connectivity index (χ4v) is 6.38. The molecule has 1 amide bonds. The van der Waals surface area contributed by atoms with Gasteiger partial charge in [0.05, 0.1) is 10.1 Å². The van der Waals surface area contributed by atoms with Crippen molar-refractivity contribution in [3.05, 3.63) is 46.8 Å². The van der Waals surface area contributed by atoms with Crippen LogP contribution in [0.1, 0.15) is 0 Å². The quantitative estimate of drug-likeness (QED) is 0.703. The molecule has 1 aliphatic heterocycles. The molecule has 0 spiro atoms. The summed E-state index contributed by atoms with van der Waals surface area (Å²) in [5.41, 5.74) is 0. The number of thiophene rings is 1. The summed E-state index contributed by atoms with van der Waals surface area (Å²) >= 11 is 8.38. The highest BCUT2D eigenvalue weighted by atomic mass is 35.5. The van der Waals surface area contributed by atoms with Crippen molar-refractivity contribution in [2.45, 2.75) is 9.10 Å². The van der Waals surface area contributed by atoms with Crippen LogP contribution in [0.15, 0.2) is 51.6 Å². The molecule has 9 heteroatoms. The number of thioether (sulfide) groups is 1. The van der Waals surface area contributed by atoms with E-state index in [9.17, 15) is 13.2 Å². The molecule has 1 aromatic carbocycles. The molecule has 0 atom stereocenters. The Labute approximate surface area is 160 Å². The Morgan fingerprint density at radius 3 is 2.36 bits per heavy atom. The summed E-state index contributed by atoms with van der Waals surface area (Å²) in [6.45, 7) is 1.43. The van der Waals surface area contributed by atoms with E-state index in [0.717, 1.165) is 16.2 Å². The van der Waals surface area contributed by atoms with Crippen LogP contribution in [0.4, 0.5) is 0 Å². The van der Waals surface area contributed by atoms with Gasteiger partial charge in [-0.2, -0.15) is 4.31 Å². The van der Waals surface area contributed by atoms with Gasteiger partial charge in [0.1, 0.15) is 4.21 Å². The van der Waals surface area contributed by atoms with Crippen LogP contribution in [0.5, 0.6) is 0 Å². The minimum atomic E-state index is -3.52. The van der Waals surface area contributed by atoms with Gasteiger partial charge in [-0.25, -0.2) is 8.42 Å². The van der Waals surface area contributed by atoms with Gasteiger partial charge in [0.25, 0.3) is 10.0 Å². The molecule has 1 aromatic heterocycles. The highest BCUT2D eigenvalue weighted by Crippen LogP contribution is 2.28. The Morgan fingerprint density at radius 1 is 1.08 bits per heavy atom. The molecule has 2 heterocycles. The van der Waals surface area contributed by atoms with Gasteiger partial charge in [0, 0.05) is 31.1 Å². The number of halogens is 1. The second kappa shape index (κ2) is 8.09. The largest absolute Gasteiger partial charge is 0.339 e. The fraction of sp³-hybridized carbons (Fsp3) is 0.312. The lowest BCUT2D eigenvalue weighted by molar-refractivity contribution is -0.129. The first kappa shape index (κ1) is 18.7. The van der Waals surface area contributed by atoms with Crippen LogP contribution in [-0.2, 0) is 14.8 Å². The molecule has 0 saturated carbocycles. The Bertz CT molecular complexity index is 831. The minimum Gasteiger partial charge on any atom is -0.339 e. The number of benzene rings is 1. The Morgan fingerprint density at radius 2 is 1.76 bits per heavy atom. The van der Waals surface area contributed by atoms with E-state index in [-0.39, 0.29) is 10.1 Å². The maximum Gasteiger partial charge on any atom is 0.252 e. The predicted octanol–water partition coefficient (Wildman–Crippen LogP) is 3.03. The summed E-state index contributed by atoms with van der Waals surface area (Å²) in [6, 6.07) is 12.9. The summed E-state index contributed by atoms with van der Waals surface area (Å²) < 4.78 is 27.2. The van der Waals surface area contributed by atoms with Crippen molar-refractivity contribution in [1.82, 2.24) is 9.21 Å². The van der Waals surface area contributed by atoms with Crippen LogP contribution < -0.4 is 0 Å². The molecule has 5 nitrogen and oxygen atoms in total. The lowest BCUT2D eigenvalue weighted by Crippen LogP contribution is -2.50. The number of sulfonamides is 1. The van der Waals surface area contributed by atoms with Crippen molar-refractivity contribution in [1.29, 1.82) is 0 Å². The van der Waals surface area contributed by atoms with Crippen LogP contribution in [0.25, 0.3) is 0 Å². The summed E-state index contributed by atoms with van der Waals surface area (Å²) in [5.74, 6) is 0.391. The van der Waals surface area contributed by atoms with E-state index in [1.54, 1.807) is 11.0 Å². The molecule has 1 saturated heterocycles. The molecule has 0 radical (unpaired) electrons. The summed E-state index contributed by atoms with van der Waals surface area (Å²) in [5, 5.41) is 0. The lowest BCUT2D eigenvalue weighted by Gasteiger charge is -2.33. The van der Waals surface area contributed by atoms with Crippen LogP contribution in [0.3, 0.4) is 0 Å². The minimum absolute atomic E-state index is 0.0325. The average molecular weight is 417 g/mol. The number of carbonyl (C=O) groups excluding carboxylic acids is 1. The number of nitrogens with zero attached hydrogens (tertiary/aromatic N) is 2. The van der Waals surface area contributed by atoms with Crippen molar-refractivity contribution in [3.8, 4) is 0 Å². The second-order valence-electron chi connectivity index (χ2n) is 5.45. The number of rotatable bonds is 5. The summed E-state index contributed by atoms with van der Waals surface area (Å²) in [6.07, 6.45) is 0. The molecular formula is C16H17ClN2O3S3. The molecule has 0 N–H and O–H groups in total. The molecule has 0 bridgehead atoms. The summed E-state index contributed by atoms with van der Waals surface area (Å²) in [4.78, 5) is 15.1. The first-order valence-electron chi connectivity index (χ1n) is 7.68. The van der Waals surface area contributed by atoms with Gasteiger partial charge in [-0.05, 0) is 24.3 Å². The first-order valence-corrected chi connectivity index (χ1v) is 11.3. The van der Waals surface area contributed by atoms with Gasteiger partial charge in [-0.15, -0.1) is 23.1 Å². The molecular weight excluding hydrogens is 400 g/mol. The van der Waals surface area contributed by atoms with E-state index in [1.807, 2.05) is 30.3 Å². The third kappa shape index (κ3) is 4.57. The van der Waals surface area contributed by atoms with E-state index in [4.69, 9.17) is 11.6 Å². The van der Waals surface area contributed by atoms with Gasteiger partial charge in [-0.3, -0.25) is 4.79 Å². The van der Waals surface area contributed by atoms with Crippen molar-refractivity contribution in [3.63, 3.8) is 0 Å². The number of hydrogen-bond donors (Lipinski definition) is 0. The van der Waals surface area contributed by atoms with Gasteiger partial charge < -0.3 is 4.90 Å². The molecule has 1 aliphatic rings. The van der Waals surface area contributed by atoms with Crippen LogP contribution in [-0.4, -0.2) is 55.5 Å². The van der Waals surface area contributed by atoms with E-state index < -0.39 is 10.0 Å². The van der Waals surface area contributed by atoms with Gasteiger partial charge in [-0.1, -0.05) is 29.8 Å². The average Bonchev–Trinajstić information content (AvgIpc) is 3.08. The highest BCUT2D eigenvalue weighted by molar-refractivity contribution is 8.00. The third-order valence-electron chi connectivity index (χ3n) is 3.84. The molecule has 3 rings (SSSR count). The highest BCUT2D eigenvalue weighted by Gasteiger charge is 2.31. The number of amides is 1. The van der Waals surface area contributed by atoms with E-state index in [2.05, 4.69) is 0 Å². The standard InChI is InChI=1S/C16H17ClN2O3S3/c17-14-6-7-16(24-14)25(21,22)19-10-8-18(9-11-19)15(20)12-23-13-4-2-1-3-5-13/h1-7H,8-12H2. The first-order chi connectivity index (χ1) is 12.0. The van der Waals surface area contributed by atoms with Crippen molar-refractivity contribution >= 4 is 50.6 Å². The van der Waals surface area contributed by atoms with Crippen LogP contribution in [0.2, 0.25) is 4.34 Å². The molecule has 2 aromatic rings. The van der Waals surface area contributed by atoms with E-state index >= 15 is 0 Å². The van der Waals surface area contributed by atoms with Gasteiger partial charge in [0.2, 0.25) is 5.91 Å². The second-order valence-corrected chi connectivity index (χ2v) is 10.4. The van der Waals surface area contributed by atoms with E-state index in [1.165, 1.54) is 22.1 Å². The zero-order chi connectivity index (χ0) is 17.9. The zero-order valence-electron chi connectivity index (χ0n) is 13.3. The Balaban J connectivity index is 1.54. The Hall–Kier alpha value is -1.06. The fourth-order valence-electron chi connectivity index (χ4n) is 2.49. The maximum absolute atomic E-state index is 12.6. The molecule has 0 unspecified atom stereocenters. The molecule has 0 aliphatic carbocycles. The monoisotopic (exact) mass is 416 g/mol. The summed E-state index contributed by atoms with van der Waals surface area (Å²) in [7, 11) is -3.52. The topological polar surface area (TPSA) is 57.7 Å². The van der Waals surface area contributed by atoms with Crippen molar-refractivity contribution in [2.24, 2.45) is 0 Å². The molecule has 1 fully saturated rings. The predicted molar refractivity (Wildman–Crippen MR) is 102 cm³/mol. The normalized spacial score (nSPS) is 16.1. The maximum atomic E-state index is 12.6. The number of hydrogen-bond acceptors (Lipinski definition) is 5. The van der Waals surface area contributed by atoms with Crippen LogP contribution in [0, 0.1) is 0 Å². The SMILES string of the molecule is O=C(CSc1ccccc1)N1CCN(S(=O)(=O)c2ccc(Cl)s2)CC1. The smallest absolute Gasteiger partial charge is 0.252 e. The lowest BCUT2D eigenvalue weighted by atomic mass is 10.3. The van der Waals surface area contributed by atoms with Gasteiger partial charge >= 0.3 is 0 Å². The number of piperazine rings is 1. The Kier molecular flexibility index (Phi) is 6.06. The van der Waals surface area contributed by atoms with E-state index in [0.29, 0.717) is 36.3 Å². The third-order valence-corrected chi connectivity index (χ3v) is 8.43. The van der Waals surface area contributed by atoms with Crippen LogP contribution >= 0.6 is 34.7 Å². The van der Waals surface area contributed by atoms with Crippen molar-refractivity contribution in [2.75, 3.05) is 31.9 Å². The zero-order valence-corrected chi connectivity index (χ0v) is 16.5. The molecule has 25 heavy (non-hydrogen) atoms. The number of carbonyl (C=O) groups is 1.